The fourth-order valence-electron chi connectivity index (χ4n) is 1.90. The third-order valence-electron chi connectivity index (χ3n) is 3.10. The molecule has 0 saturated carbocycles. The Morgan fingerprint density at radius 3 is 2.50 bits per heavy atom. The number of hydrogen-bond donors (Lipinski definition) is 2. The van der Waals surface area contributed by atoms with E-state index in [-0.39, 0.29) is 0 Å². The third kappa shape index (κ3) is 4.95. The summed E-state index contributed by atoms with van der Waals surface area (Å²) in [5.41, 5.74) is 4.58. The summed E-state index contributed by atoms with van der Waals surface area (Å²) in [7, 11) is 0. The zero-order valence-electron chi connectivity index (χ0n) is 13.6. The molecule has 0 aromatic heterocycles. The number of amides is 2. The van der Waals surface area contributed by atoms with E-state index in [0.29, 0.717) is 18.0 Å². The van der Waals surface area contributed by atoms with E-state index in [1.807, 2.05) is 38.1 Å². The summed E-state index contributed by atoms with van der Waals surface area (Å²) in [6, 6.07) is 14.5. The van der Waals surface area contributed by atoms with Gasteiger partial charge in [-0.15, -0.1) is 0 Å². The second kappa shape index (κ2) is 8.47. The number of aryl methyl sites for hydroxylation is 1. The molecule has 2 aromatic carbocycles. The maximum absolute atomic E-state index is 11.9. The van der Waals surface area contributed by atoms with Gasteiger partial charge in [-0.05, 0) is 31.5 Å². The van der Waals surface area contributed by atoms with E-state index in [1.165, 1.54) is 6.21 Å². The Labute approximate surface area is 140 Å². The van der Waals surface area contributed by atoms with Crippen LogP contribution >= 0.6 is 0 Å². The van der Waals surface area contributed by atoms with Gasteiger partial charge in [0.05, 0.1) is 18.5 Å². The van der Waals surface area contributed by atoms with Gasteiger partial charge in [-0.2, -0.15) is 5.10 Å². The molecule has 0 aliphatic carbocycles. The van der Waals surface area contributed by atoms with Crippen molar-refractivity contribution in [3.8, 4) is 5.75 Å². The highest BCUT2D eigenvalue weighted by Crippen LogP contribution is 2.23. The number of hydrazone groups is 1. The molecule has 124 valence electrons. The number of nitrogens with one attached hydrogen (secondary N) is 2. The van der Waals surface area contributed by atoms with E-state index in [2.05, 4.69) is 15.8 Å². The smallest absolute Gasteiger partial charge is 0.329 e. The van der Waals surface area contributed by atoms with Gasteiger partial charge >= 0.3 is 11.8 Å². The third-order valence-corrected chi connectivity index (χ3v) is 3.10. The van der Waals surface area contributed by atoms with Gasteiger partial charge in [0.1, 0.15) is 5.75 Å². The quantitative estimate of drug-likeness (QED) is 0.503. The van der Waals surface area contributed by atoms with Gasteiger partial charge in [0.15, 0.2) is 0 Å². The molecule has 2 rings (SSSR count). The van der Waals surface area contributed by atoms with Crippen molar-refractivity contribution >= 4 is 23.7 Å². The Balaban J connectivity index is 1.93. The summed E-state index contributed by atoms with van der Waals surface area (Å²) in [6.45, 7) is 4.28. The molecule has 0 fully saturated rings. The Kier molecular flexibility index (Phi) is 6.08. The summed E-state index contributed by atoms with van der Waals surface area (Å²) in [5, 5.41) is 6.28. The lowest BCUT2D eigenvalue weighted by Gasteiger charge is -2.10. The lowest BCUT2D eigenvalue weighted by molar-refractivity contribution is -0.136. The lowest BCUT2D eigenvalue weighted by atomic mass is 10.2. The molecule has 0 bridgehead atoms. The molecular formula is C18H19N3O3. The van der Waals surface area contributed by atoms with E-state index >= 15 is 0 Å². The molecule has 0 unspecified atom stereocenters. The van der Waals surface area contributed by atoms with Gasteiger partial charge in [0, 0.05) is 0 Å². The van der Waals surface area contributed by atoms with Crippen LogP contribution in [-0.2, 0) is 9.59 Å². The summed E-state index contributed by atoms with van der Waals surface area (Å²) in [4.78, 5) is 23.7. The van der Waals surface area contributed by atoms with Crippen LogP contribution in [0.15, 0.2) is 53.6 Å². The summed E-state index contributed by atoms with van der Waals surface area (Å²) in [5.74, 6) is -1.17. The Morgan fingerprint density at radius 1 is 1.08 bits per heavy atom. The number of carbonyl (C=O) groups excluding carboxylic acids is 2. The minimum absolute atomic E-state index is 0.432. The predicted molar refractivity (Wildman–Crippen MR) is 93.2 cm³/mol. The van der Waals surface area contributed by atoms with Gasteiger partial charge < -0.3 is 10.1 Å². The monoisotopic (exact) mass is 325 g/mol. The summed E-state index contributed by atoms with van der Waals surface area (Å²) in [6.07, 6.45) is 1.47. The van der Waals surface area contributed by atoms with Crippen molar-refractivity contribution in [2.75, 3.05) is 11.9 Å². The van der Waals surface area contributed by atoms with E-state index < -0.39 is 11.8 Å². The maximum Gasteiger partial charge on any atom is 0.329 e. The number of hydrogen-bond acceptors (Lipinski definition) is 4. The molecule has 2 N–H and O–H groups in total. The summed E-state index contributed by atoms with van der Waals surface area (Å²) >= 11 is 0. The highest BCUT2D eigenvalue weighted by atomic mass is 16.5. The molecule has 6 heteroatoms. The van der Waals surface area contributed by atoms with Crippen molar-refractivity contribution in [3.63, 3.8) is 0 Å². The van der Waals surface area contributed by atoms with Crippen molar-refractivity contribution in [3.05, 3.63) is 59.7 Å². The minimum atomic E-state index is -0.857. The van der Waals surface area contributed by atoms with Crippen molar-refractivity contribution in [2.45, 2.75) is 13.8 Å². The minimum Gasteiger partial charge on any atom is -0.492 e. The van der Waals surface area contributed by atoms with Crippen molar-refractivity contribution in [1.29, 1.82) is 0 Å². The van der Waals surface area contributed by atoms with Crippen LogP contribution in [0, 0.1) is 6.92 Å². The average molecular weight is 325 g/mol. The predicted octanol–water partition coefficient (Wildman–Crippen LogP) is 2.48. The Hall–Kier alpha value is -3.15. The fourth-order valence-corrected chi connectivity index (χ4v) is 1.90. The molecule has 0 heterocycles. The van der Waals surface area contributed by atoms with E-state index in [1.54, 1.807) is 24.3 Å². The second-order valence-electron chi connectivity index (χ2n) is 4.99. The van der Waals surface area contributed by atoms with Crippen LogP contribution in [0.2, 0.25) is 0 Å². The standard InChI is InChI=1S/C18H19N3O3/c1-3-24-16-7-5-4-6-15(16)20-17(22)18(23)21-19-12-14-10-8-13(2)9-11-14/h4-12H,3H2,1-2H3,(H,20,22)(H,21,23)/b19-12+. The van der Waals surface area contributed by atoms with Crippen LogP contribution < -0.4 is 15.5 Å². The molecule has 0 aliphatic heterocycles. The van der Waals surface area contributed by atoms with Gasteiger partial charge in [-0.3, -0.25) is 9.59 Å². The molecule has 0 spiro atoms. The Morgan fingerprint density at radius 2 is 1.79 bits per heavy atom. The SMILES string of the molecule is CCOc1ccccc1NC(=O)C(=O)N/N=C/c1ccc(C)cc1. The second-order valence-corrected chi connectivity index (χ2v) is 4.99. The number of nitrogens with zero attached hydrogens (tertiary/aromatic N) is 1. The fraction of sp³-hybridized carbons (Fsp3) is 0.167. The molecule has 6 nitrogen and oxygen atoms in total. The van der Waals surface area contributed by atoms with Crippen LogP contribution in [0.4, 0.5) is 5.69 Å². The number of ether oxygens (including phenoxy) is 1. The zero-order valence-corrected chi connectivity index (χ0v) is 13.6. The molecule has 0 radical (unpaired) electrons. The van der Waals surface area contributed by atoms with Crippen molar-refractivity contribution < 1.29 is 14.3 Å². The topological polar surface area (TPSA) is 79.8 Å². The number of carbonyl (C=O) groups is 2. The van der Waals surface area contributed by atoms with Crippen molar-refractivity contribution in [1.82, 2.24) is 5.43 Å². The van der Waals surface area contributed by atoms with Gasteiger partial charge in [0.25, 0.3) is 0 Å². The van der Waals surface area contributed by atoms with E-state index in [9.17, 15) is 9.59 Å². The van der Waals surface area contributed by atoms with Gasteiger partial charge in [-0.1, -0.05) is 42.0 Å². The van der Waals surface area contributed by atoms with Gasteiger partial charge in [0.2, 0.25) is 0 Å². The number of para-hydroxylation sites is 2. The largest absolute Gasteiger partial charge is 0.492 e. The van der Waals surface area contributed by atoms with Crippen LogP contribution in [0.1, 0.15) is 18.1 Å². The molecule has 0 atom stereocenters. The first-order valence-electron chi connectivity index (χ1n) is 7.53. The van der Waals surface area contributed by atoms with Crippen molar-refractivity contribution in [2.24, 2.45) is 5.10 Å². The van der Waals surface area contributed by atoms with Gasteiger partial charge in [-0.25, -0.2) is 5.43 Å². The average Bonchev–Trinajstić information content (AvgIpc) is 2.58. The molecule has 24 heavy (non-hydrogen) atoms. The summed E-state index contributed by atoms with van der Waals surface area (Å²) < 4.78 is 5.39. The van der Waals surface area contributed by atoms with Crippen LogP contribution in [0.5, 0.6) is 5.75 Å². The molecular weight excluding hydrogens is 306 g/mol. The first-order chi connectivity index (χ1) is 11.6. The molecule has 2 aromatic rings. The molecule has 2 amide bonds. The normalized spacial score (nSPS) is 10.4. The van der Waals surface area contributed by atoms with E-state index in [4.69, 9.17) is 4.74 Å². The Bertz CT molecular complexity index is 739. The van der Waals surface area contributed by atoms with Crippen LogP contribution in [-0.4, -0.2) is 24.6 Å². The lowest BCUT2D eigenvalue weighted by Crippen LogP contribution is -2.32. The number of benzene rings is 2. The highest BCUT2D eigenvalue weighted by molar-refractivity contribution is 6.39. The first-order valence-corrected chi connectivity index (χ1v) is 7.53. The number of anilines is 1. The molecule has 0 saturated heterocycles. The van der Waals surface area contributed by atoms with Crippen LogP contribution in [0.25, 0.3) is 0 Å². The number of rotatable bonds is 5. The maximum atomic E-state index is 11.9. The molecule has 0 aliphatic rings. The first kappa shape index (κ1) is 17.2. The van der Waals surface area contributed by atoms with E-state index in [0.717, 1.165) is 11.1 Å². The zero-order chi connectivity index (χ0) is 17.4. The highest BCUT2D eigenvalue weighted by Gasteiger charge is 2.14. The van der Waals surface area contributed by atoms with Crippen LogP contribution in [0.3, 0.4) is 0 Å².